The summed E-state index contributed by atoms with van der Waals surface area (Å²) in [5.41, 5.74) is 11.3. The molecule has 0 fully saturated rings. The minimum atomic E-state index is -0.0471. The van der Waals surface area contributed by atoms with Crippen molar-refractivity contribution in [1.82, 2.24) is 15.0 Å². The Bertz CT molecular complexity index is 1440. The second kappa shape index (κ2) is 10.3. The Hall–Kier alpha value is -4.05. The molecule has 3 N–H and O–H groups in total. The van der Waals surface area contributed by atoms with Crippen LogP contribution in [0.4, 0.5) is 5.82 Å². The molecule has 5 nitrogen and oxygen atoms in total. The lowest BCUT2D eigenvalue weighted by atomic mass is 10.1. The fourth-order valence-corrected chi connectivity index (χ4v) is 4.54. The highest BCUT2D eigenvalue weighted by Gasteiger charge is 2.15. The van der Waals surface area contributed by atoms with Crippen molar-refractivity contribution < 1.29 is 0 Å². The molecule has 0 saturated carbocycles. The molecule has 5 aromatic rings. The van der Waals surface area contributed by atoms with Crippen LogP contribution in [0, 0.1) is 11.8 Å². The van der Waals surface area contributed by atoms with E-state index in [1.54, 1.807) is 23.7 Å². The summed E-state index contributed by atoms with van der Waals surface area (Å²) < 4.78 is 0.974. The zero-order valence-electron chi connectivity index (χ0n) is 18.5. The van der Waals surface area contributed by atoms with Crippen LogP contribution in [0.3, 0.4) is 0 Å². The first kappa shape index (κ1) is 21.8. The maximum Gasteiger partial charge on any atom is 0.162 e. The molecule has 3 heterocycles. The van der Waals surface area contributed by atoms with E-state index in [2.05, 4.69) is 34.3 Å². The SMILES string of the molecule is N[C@H](CNc1nc(-c2ccncc2)nc2c(C#Cc3ccccc3)csc12)Cc1ccccc1. The summed E-state index contributed by atoms with van der Waals surface area (Å²) in [6.45, 7) is 0.597. The molecular weight excluding hydrogens is 438 g/mol. The standard InChI is InChI=1S/C28H23N5S/c29-24(17-21-9-5-2-6-10-21)18-31-28-26-25(32-27(33-28)22-13-15-30-16-14-22)23(19-34-26)12-11-20-7-3-1-4-8-20/h1-10,13-16,19,24H,17-18,29H2,(H,31,32,33)/t24-/m0/s1. The fraction of sp³-hybridized carbons (Fsp3) is 0.107. The topological polar surface area (TPSA) is 76.7 Å². The summed E-state index contributed by atoms with van der Waals surface area (Å²) in [7, 11) is 0. The Kier molecular flexibility index (Phi) is 6.57. The molecule has 6 heteroatoms. The van der Waals surface area contributed by atoms with Crippen molar-refractivity contribution in [2.45, 2.75) is 12.5 Å². The number of fused-ring (bicyclic) bond motifs is 1. The van der Waals surface area contributed by atoms with Crippen LogP contribution < -0.4 is 11.1 Å². The van der Waals surface area contributed by atoms with Gasteiger partial charge in [-0.3, -0.25) is 4.98 Å². The predicted octanol–water partition coefficient (Wildman–Crippen LogP) is 5.14. The highest BCUT2D eigenvalue weighted by Crippen LogP contribution is 2.32. The molecule has 0 bridgehead atoms. The first-order chi connectivity index (χ1) is 16.8. The summed E-state index contributed by atoms with van der Waals surface area (Å²) in [5, 5.41) is 5.52. The summed E-state index contributed by atoms with van der Waals surface area (Å²) in [6.07, 6.45) is 4.28. The average molecular weight is 462 g/mol. The number of benzene rings is 2. The highest BCUT2D eigenvalue weighted by atomic mass is 32.1. The number of pyridine rings is 1. The molecule has 0 radical (unpaired) electrons. The van der Waals surface area contributed by atoms with Crippen LogP contribution in [0.5, 0.6) is 0 Å². The van der Waals surface area contributed by atoms with Crippen LogP contribution in [0.25, 0.3) is 21.6 Å². The molecule has 0 unspecified atom stereocenters. The van der Waals surface area contributed by atoms with E-state index in [0.717, 1.165) is 39.1 Å². The van der Waals surface area contributed by atoms with Crippen molar-refractivity contribution in [3.05, 3.63) is 107 Å². The molecule has 0 aliphatic heterocycles. The predicted molar refractivity (Wildman–Crippen MR) is 140 cm³/mol. The van der Waals surface area contributed by atoms with E-state index in [1.807, 2.05) is 66.0 Å². The Balaban J connectivity index is 1.47. The maximum atomic E-state index is 6.43. The second-order valence-electron chi connectivity index (χ2n) is 7.91. The number of thiophene rings is 1. The number of hydrogen-bond donors (Lipinski definition) is 2. The lowest BCUT2D eigenvalue weighted by Crippen LogP contribution is -2.31. The van der Waals surface area contributed by atoms with E-state index < -0.39 is 0 Å². The van der Waals surface area contributed by atoms with Gasteiger partial charge in [0, 0.05) is 41.5 Å². The van der Waals surface area contributed by atoms with Crippen LogP contribution in [0.1, 0.15) is 16.7 Å². The number of aromatic nitrogens is 3. The third-order valence-electron chi connectivity index (χ3n) is 5.34. The van der Waals surface area contributed by atoms with Crippen LogP contribution in [-0.4, -0.2) is 27.5 Å². The molecule has 34 heavy (non-hydrogen) atoms. The van der Waals surface area contributed by atoms with Gasteiger partial charge in [-0.25, -0.2) is 9.97 Å². The van der Waals surface area contributed by atoms with Crippen molar-refractivity contribution in [2.24, 2.45) is 5.73 Å². The second-order valence-corrected chi connectivity index (χ2v) is 8.79. The molecular formula is C28H23N5S. The van der Waals surface area contributed by atoms with Crippen LogP contribution in [-0.2, 0) is 6.42 Å². The maximum absolute atomic E-state index is 6.43. The van der Waals surface area contributed by atoms with E-state index in [0.29, 0.717) is 12.4 Å². The van der Waals surface area contributed by atoms with Crippen molar-refractivity contribution in [1.29, 1.82) is 0 Å². The minimum absolute atomic E-state index is 0.0471. The van der Waals surface area contributed by atoms with Gasteiger partial charge in [-0.2, -0.15) is 0 Å². The molecule has 0 spiro atoms. The largest absolute Gasteiger partial charge is 0.367 e. The van der Waals surface area contributed by atoms with Crippen LogP contribution in [0.2, 0.25) is 0 Å². The number of rotatable bonds is 6. The Morgan fingerprint density at radius 2 is 1.62 bits per heavy atom. The molecule has 166 valence electrons. The van der Waals surface area contributed by atoms with Crippen molar-refractivity contribution in [3.63, 3.8) is 0 Å². The number of nitrogens with one attached hydrogen (secondary N) is 1. The quantitative estimate of drug-likeness (QED) is 0.343. The van der Waals surface area contributed by atoms with Gasteiger partial charge in [0.25, 0.3) is 0 Å². The lowest BCUT2D eigenvalue weighted by molar-refractivity contribution is 0.698. The normalized spacial score (nSPS) is 11.6. The zero-order valence-corrected chi connectivity index (χ0v) is 19.3. The van der Waals surface area contributed by atoms with Crippen molar-refractivity contribution in [3.8, 4) is 23.2 Å². The summed E-state index contributed by atoms with van der Waals surface area (Å²) in [4.78, 5) is 13.8. The summed E-state index contributed by atoms with van der Waals surface area (Å²) in [6, 6.07) is 24.0. The monoisotopic (exact) mass is 461 g/mol. The Morgan fingerprint density at radius 1 is 0.882 bits per heavy atom. The molecule has 0 amide bonds. The summed E-state index contributed by atoms with van der Waals surface area (Å²) in [5.74, 6) is 7.94. The number of hydrogen-bond acceptors (Lipinski definition) is 6. The van der Waals surface area contributed by atoms with Crippen molar-refractivity contribution in [2.75, 3.05) is 11.9 Å². The average Bonchev–Trinajstić information content (AvgIpc) is 3.31. The molecule has 3 aromatic heterocycles. The van der Waals surface area contributed by atoms with E-state index >= 15 is 0 Å². The van der Waals surface area contributed by atoms with Gasteiger partial charge in [-0.05, 0) is 36.2 Å². The van der Waals surface area contributed by atoms with E-state index in [9.17, 15) is 0 Å². The molecule has 5 rings (SSSR count). The first-order valence-corrected chi connectivity index (χ1v) is 11.9. The Morgan fingerprint density at radius 3 is 2.38 bits per heavy atom. The van der Waals surface area contributed by atoms with Gasteiger partial charge < -0.3 is 11.1 Å². The highest BCUT2D eigenvalue weighted by molar-refractivity contribution is 7.18. The van der Waals surface area contributed by atoms with Crippen LogP contribution >= 0.6 is 11.3 Å². The number of nitrogens with two attached hydrogens (primary N) is 1. The van der Waals surface area contributed by atoms with Gasteiger partial charge in [0.05, 0.1) is 10.3 Å². The van der Waals surface area contributed by atoms with E-state index in [-0.39, 0.29) is 6.04 Å². The fourth-order valence-electron chi connectivity index (χ4n) is 3.63. The van der Waals surface area contributed by atoms with Gasteiger partial charge >= 0.3 is 0 Å². The number of nitrogens with zero attached hydrogens (tertiary/aromatic N) is 3. The third kappa shape index (κ3) is 5.12. The van der Waals surface area contributed by atoms with E-state index in [4.69, 9.17) is 15.7 Å². The molecule has 0 aliphatic rings. The van der Waals surface area contributed by atoms with Crippen molar-refractivity contribution >= 4 is 27.4 Å². The molecule has 2 aromatic carbocycles. The molecule has 0 aliphatic carbocycles. The minimum Gasteiger partial charge on any atom is -0.367 e. The van der Waals surface area contributed by atoms with Gasteiger partial charge in [0.2, 0.25) is 0 Å². The summed E-state index contributed by atoms with van der Waals surface area (Å²) >= 11 is 1.59. The number of anilines is 1. The first-order valence-electron chi connectivity index (χ1n) is 11.1. The van der Waals surface area contributed by atoms with Gasteiger partial charge in [0.15, 0.2) is 5.82 Å². The Labute approximate surface area is 202 Å². The van der Waals surface area contributed by atoms with E-state index in [1.165, 1.54) is 5.56 Å². The molecule has 1 atom stereocenters. The van der Waals surface area contributed by atoms with Gasteiger partial charge in [-0.15, -0.1) is 11.3 Å². The lowest BCUT2D eigenvalue weighted by Gasteiger charge is -2.14. The smallest absolute Gasteiger partial charge is 0.162 e. The zero-order chi connectivity index (χ0) is 23.2. The van der Waals surface area contributed by atoms with Gasteiger partial charge in [-0.1, -0.05) is 60.4 Å². The third-order valence-corrected chi connectivity index (χ3v) is 6.32. The van der Waals surface area contributed by atoms with Crippen LogP contribution in [0.15, 0.2) is 90.6 Å². The molecule has 0 saturated heterocycles. The van der Waals surface area contributed by atoms with Gasteiger partial charge in [0.1, 0.15) is 11.3 Å².